The number of rotatable bonds is 3. The Bertz CT molecular complexity index is 791. The second kappa shape index (κ2) is 5.79. The van der Waals surface area contributed by atoms with Gasteiger partial charge in [-0.15, -0.1) is 0 Å². The lowest BCUT2D eigenvalue weighted by atomic mass is 9.87. The molecule has 2 fully saturated rings. The van der Waals surface area contributed by atoms with Gasteiger partial charge in [0.25, 0.3) is 5.56 Å². The molecule has 2 bridgehead atoms. The van der Waals surface area contributed by atoms with Crippen LogP contribution in [0.2, 0.25) is 0 Å². The smallest absolute Gasteiger partial charge is 0.266 e. The lowest BCUT2D eigenvalue weighted by Gasteiger charge is -2.37. The molecule has 0 aliphatic carbocycles. The topological polar surface area (TPSA) is 67.2 Å². The van der Waals surface area contributed by atoms with Crippen molar-refractivity contribution in [3.8, 4) is 11.3 Å². The van der Waals surface area contributed by atoms with Crippen molar-refractivity contribution in [3.63, 3.8) is 0 Å². The highest BCUT2D eigenvalue weighted by atomic mass is 19.1. The molecule has 5 nitrogen and oxygen atoms in total. The molecule has 4 rings (SSSR count). The average Bonchev–Trinajstić information content (AvgIpc) is 2.90. The monoisotopic (exact) mass is 329 g/mol. The molecule has 2 aromatic rings. The molecular formula is C18H20FN3O2. The van der Waals surface area contributed by atoms with Gasteiger partial charge < -0.3 is 10.4 Å². The van der Waals surface area contributed by atoms with Crippen molar-refractivity contribution in [1.82, 2.24) is 15.1 Å². The zero-order valence-corrected chi connectivity index (χ0v) is 13.3. The molecule has 126 valence electrons. The van der Waals surface area contributed by atoms with Crippen LogP contribution in [0.1, 0.15) is 25.7 Å². The maximum absolute atomic E-state index is 13.1. The van der Waals surface area contributed by atoms with Crippen molar-refractivity contribution in [2.45, 2.75) is 49.9 Å². The number of benzene rings is 1. The van der Waals surface area contributed by atoms with Gasteiger partial charge in [0.05, 0.1) is 17.8 Å². The van der Waals surface area contributed by atoms with E-state index in [1.54, 1.807) is 18.2 Å². The number of nitrogens with zero attached hydrogens (tertiary/aromatic N) is 2. The zero-order chi connectivity index (χ0) is 16.7. The van der Waals surface area contributed by atoms with Gasteiger partial charge in [0.15, 0.2) is 0 Å². The molecule has 6 heteroatoms. The van der Waals surface area contributed by atoms with Crippen LogP contribution in [0.5, 0.6) is 0 Å². The van der Waals surface area contributed by atoms with Crippen LogP contribution < -0.4 is 10.9 Å². The van der Waals surface area contributed by atoms with Crippen LogP contribution >= 0.6 is 0 Å². The first-order valence-corrected chi connectivity index (χ1v) is 8.33. The maximum Gasteiger partial charge on any atom is 0.266 e. The first-order valence-electron chi connectivity index (χ1n) is 8.33. The lowest BCUT2D eigenvalue weighted by molar-refractivity contribution is -0.0249. The van der Waals surface area contributed by atoms with Crippen molar-refractivity contribution < 1.29 is 9.50 Å². The minimum absolute atomic E-state index is 0.190. The van der Waals surface area contributed by atoms with Gasteiger partial charge in [-0.1, -0.05) is 0 Å². The Morgan fingerprint density at radius 2 is 1.83 bits per heavy atom. The number of piperidine rings is 1. The molecule has 2 N–H and O–H groups in total. The number of hydrogen-bond acceptors (Lipinski definition) is 4. The second-order valence-corrected chi connectivity index (χ2v) is 6.99. The summed E-state index contributed by atoms with van der Waals surface area (Å²) in [6.07, 6.45) is 3.42. The third-order valence-corrected chi connectivity index (χ3v) is 5.04. The van der Waals surface area contributed by atoms with E-state index in [0.29, 0.717) is 30.6 Å². The standard InChI is InChI=1S/C18H20FN3O2/c19-13-3-1-12(2-4-13)16-7-8-17(23)22(21-16)11-18(24)9-14-5-6-15(10-18)20-14/h1-4,7-8,14-15,20,24H,5-6,9-11H2/t14-,15+,18?. The largest absolute Gasteiger partial charge is 0.388 e. The van der Waals surface area contributed by atoms with E-state index in [2.05, 4.69) is 10.4 Å². The summed E-state index contributed by atoms with van der Waals surface area (Å²) in [5.41, 5.74) is 0.188. The summed E-state index contributed by atoms with van der Waals surface area (Å²) in [4.78, 5) is 12.2. The van der Waals surface area contributed by atoms with Crippen LogP contribution in [0.3, 0.4) is 0 Å². The van der Waals surface area contributed by atoms with E-state index in [1.807, 2.05) is 0 Å². The van der Waals surface area contributed by atoms with Crippen molar-refractivity contribution in [1.29, 1.82) is 0 Å². The average molecular weight is 329 g/mol. The van der Waals surface area contributed by atoms with Gasteiger partial charge in [-0.25, -0.2) is 9.07 Å². The Morgan fingerprint density at radius 1 is 1.17 bits per heavy atom. The summed E-state index contributed by atoms with van der Waals surface area (Å²) >= 11 is 0. The fourth-order valence-corrected chi connectivity index (χ4v) is 3.97. The molecule has 1 aromatic carbocycles. The fourth-order valence-electron chi connectivity index (χ4n) is 3.97. The summed E-state index contributed by atoms with van der Waals surface area (Å²) in [5.74, 6) is -0.313. The molecular weight excluding hydrogens is 309 g/mol. The predicted octanol–water partition coefficient (Wildman–Crippen LogP) is 1.69. The summed E-state index contributed by atoms with van der Waals surface area (Å²) in [7, 11) is 0. The maximum atomic E-state index is 13.1. The molecule has 3 atom stereocenters. The minimum Gasteiger partial charge on any atom is -0.388 e. The van der Waals surface area contributed by atoms with Gasteiger partial charge in [-0.3, -0.25) is 4.79 Å². The van der Waals surface area contributed by atoms with Crippen molar-refractivity contribution in [2.24, 2.45) is 0 Å². The summed E-state index contributed by atoms with van der Waals surface area (Å²) in [6, 6.07) is 9.72. The van der Waals surface area contributed by atoms with E-state index in [-0.39, 0.29) is 17.9 Å². The van der Waals surface area contributed by atoms with Crippen LogP contribution in [0.15, 0.2) is 41.2 Å². The van der Waals surface area contributed by atoms with Crippen LogP contribution in [-0.2, 0) is 6.54 Å². The predicted molar refractivity (Wildman–Crippen MR) is 88.0 cm³/mol. The molecule has 2 saturated heterocycles. The SMILES string of the molecule is O=c1ccc(-c2ccc(F)cc2)nn1CC1(O)C[C@H]2CC[C@@H](C1)N2. The molecule has 24 heavy (non-hydrogen) atoms. The van der Waals surface area contributed by atoms with Gasteiger partial charge >= 0.3 is 0 Å². The molecule has 1 unspecified atom stereocenters. The minimum atomic E-state index is -0.907. The van der Waals surface area contributed by atoms with Crippen LogP contribution in [0, 0.1) is 5.82 Å². The zero-order valence-electron chi connectivity index (χ0n) is 13.3. The summed E-state index contributed by atoms with van der Waals surface area (Å²) in [5, 5.41) is 18.8. The van der Waals surface area contributed by atoms with E-state index in [4.69, 9.17) is 0 Å². The Labute approximate surface area is 139 Å². The lowest BCUT2D eigenvalue weighted by Crippen LogP contribution is -2.51. The Hall–Kier alpha value is -2.05. The first-order chi connectivity index (χ1) is 11.5. The highest BCUT2D eigenvalue weighted by molar-refractivity contribution is 5.57. The summed E-state index contributed by atoms with van der Waals surface area (Å²) in [6.45, 7) is 0.190. The first kappa shape index (κ1) is 15.5. The van der Waals surface area contributed by atoms with Gasteiger partial charge in [-0.05, 0) is 56.0 Å². The molecule has 0 amide bonds. The van der Waals surface area contributed by atoms with E-state index < -0.39 is 5.60 Å². The number of halogens is 1. The molecule has 1 aromatic heterocycles. The molecule has 2 aliphatic rings. The second-order valence-electron chi connectivity index (χ2n) is 6.99. The molecule has 0 saturated carbocycles. The number of nitrogens with one attached hydrogen (secondary N) is 1. The highest BCUT2D eigenvalue weighted by Gasteiger charge is 2.42. The Morgan fingerprint density at radius 3 is 2.50 bits per heavy atom. The molecule has 0 radical (unpaired) electrons. The number of aromatic nitrogens is 2. The number of fused-ring (bicyclic) bond motifs is 2. The number of aliphatic hydroxyl groups is 1. The molecule has 0 spiro atoms. The van der Waals surface area contributed by atoms with Crippen LogP contribution in [0.4, 0.5) is 4.39 Å². The van der Waals surface area contributed by atoms with E-state index in [9.17, 15) is 14.3 Å². The van der Waals surface area contributed by atoms with E-state index in [1.165, 1.54) is 22.9 Å². The normalized spacial score (nSPS) is 28.9. The van der Waals surface area contributed by atoms with Crippen LogP contribution in [0.25, 0.3) is 11.3 Å². The van der Waals surface area contributed by atoms with Gasteiger partial charge in [0.2, 0.25) is 0 Å². The van der Waals surface area contributed by atoms with E-state index in [0.717, 1.165) is 18.4 Å². The number of hydrogen-bond donors (Lipinski definition) is 2. The van der Waals surface area contributed by atoms with Gasteiger partial charge in [-0.2, -0.15) is 5.10 Å². The highest BCUT2D eigenvalue weighted by Crippen LogP contribution is 2.34. The quantitative estimate of drug-likeness (QED) is 0.899. The van der Waals surface area contributed by atoms with Crippen molar-refractivity contribution in [2.75, 3.05) is 0 Å². The Kier molecular flexibility index (Phi) is 3.73. The summed E-state index contributed by atoms with van der Waals surface area (Å²) < 4.78 is 14.4. The van der Waals surface area contributed by atoms with Gasteiger partial charge in [0.1, 0.15) is 5.82 Å². The third kappa shape index (κ3) is 2.99. The third-order valence-electron chi connectivity index (χ3n) is 5.04. The van der Waals surface area contributed by atoms with Crippen molar-refractivity contribution >= 4 is 0 Å². The Balaban J connectivity index is 1.62. The fraction of sp³-hybridized carbons (Fsp3) is 0.444. The molecule has 2 aliphatic heterocycles. The van der Waals surface area contributed by atoms with E-state index >= 15 is 0 Å². The molecule has 3 heterocycles. The van der Waals surface area contributed by atoms with Gasteiger partial charge in [0, 0.05) is 23.7 Å². The van der Waals surface area contributed by atoms with Crippen molar-refractivity contribution in [3.05, 3.63) is 52.6 Å². The van der Waals surface area contributed by atoms with Crippen LogP contribution in [-0.4, -0.2) is 32.6 Å².